The van der Waals surface area contributed by atoms with Gasteiger partial charge in [-0.3, -0.25) is 0 Å². The normalized spacial score (nSPS) is 17.8. The van der Waals surface area contributed by atoms with E-state index in [2.05, 4.69) is 12.2 Å². The second kappa shape index (κ2) is 8.17. The van der Waals surface area contributed by atoms with Gasteiger partial charge in [0.2, 0.25) is 0 Å². The van der Waals surface area contributed by atoms with Crippen molar-refractivity contribution in [1.82, 2.24) is 5.32 Å². The Hall–Kier alpha value is -0.160. The molecule has 3 unspecified atom stereocenters. The maximum absolute atomic E-state index is 5.67. The number of rotatable bonds is 8. The highest BCUT2D eigenvalue weighted by atomic mass is 16.5. The molecule has 0 rings (SSSR count). The topological polar surface area (TPSA) is 56.5 Å². The number of methoxy groups -OCH3 is 2. The Morgan fingerprint density at radius 3 is 2.36 bits per heavy atom. The lowest BCUT2D eigenvalue weighted by Crippen LogP contribution is -2.45. The quantitative estimate of drug-likeness (QED) is 0.594. The van der Waals surface area contributed by atoms with Gasteiger partial charge in [-0.1, -0.05) is 6.92 Å². The van der Waals surface area contributed by atoms with Crippen LogP contribution in [0.2, 0.25) is 0 Å². The molecule has 0 saturated heterocycles. The van der Waals surface area contributed by atoms with Gasteiger partial charge >= 0.3 is 0 Å². The van der Waals surface area contributed by atoms with E-state index in [1.54, 1.807) is 14.2 Å². The zero-order valence-electron chi connectivity index (χ0n) is 9.75. The van der Waals surface area contributed by atoms with Crippen LogP contribution in [-0.4, -0.2) is 46.1 Å². The minimum Gasteiger partial charge on any atom is -0.384 e. The molecule has 0 saturated carbocycles. The molecular weight excluding hydrogens is 180 g/mol. The van der Waals surface area contributed by atoms with Crippen molar-refractivity contribution in [3.8, 4) is 0 Å². The molecule has 0 radical (unpaired) electrons. The molecule has 0 aliphatic heterocycles. The molecule has 4 nitrogen and oxygen atoms in total. The monoisotopic (exact) mass is 204 g/mol. The van der Waals surface area contributed by atoms with E-state index in [-0.39, 0.29) is 6.10 Å². The largest absolute Gasteiger partial charge is 0.384 e. The van der Waals surface area contributed by atoms with E-state index in [4.69, 9.17) is 15.2 Å². The molecule has 0 aliphatic rings. The van der Waals surface area contributed by atoms with E-state index in [0.717, 1.165) is 13.2 Å². The molecule has 4 heteroatoms. The van der Waals surface area contributed by atoms with Crippen molar-refractivity contribution >= 4 is 0 Å². The summed E-state index contributed by atoms with van der Waals surface area (Å²) in [7, 11) is 3.42. The van der Waals surface area contributed by atoms with Gasteiger partial charge in [-0.2, -0.15) is 0 Å². The van der Waals surface area contributed by atoms with E-state index < -0.39 is 0 Å². The molecular formula is C10H24N2O2. The molecule has 0 fully saturated rings. The lowest BCUT2D eigenvalue weighted by atomic mass is 10.0. The smallest absolute Gasteiger partial charge is 0.0667 e. The standard InChI is InChI=1S/C10H24N2O2/c1-8(7-13-3)10(5-11)12-6-9(2)14-4/h8-10,12H,5-7,11H2,1-4H3. The van der Waals surface area contributed by atoms with Crippen LogP contribution in [0.1, 0.15) is 13.8 Å². The van der Waals surface area contributed by atoms with Crippen molar-refractivity contribution < 1.29 is 9.47 Å². The van der Waals surface area contributed by atoms with Crippen molar-refractivity contribution in [2.24, 2.45) is 11.7 Å². The van der Waals surface area contributed by atoms with E-state index in [0.29, 0.717) is 18.5 Å². The summed E-state index contributed by atoms with van der Waals surface area (Å²) < 4.78 is 10.2. The fourth-order valence-corrected chi connectivity index (χ4v) is 1.30. The van der Waals surface area contributed by atoms with E-state index >= 15 is 0 Å². The van der Waals surface area contributed by atoms with Gasteiger partial charge in [-0.15, -0.1) is 0 Å². The van der Waals surface area contributed by atoms with Crippen molar-refractivity contribution in [1.29, 1.82) is 0 Å². The Morgan fingerprint density at radius 2 is 1.93 bits per heavy atom. The van der Waals surface area contributed by atoms with Crippen LogP contribution >= 0.6 is 0 Å². The van der Waals surface area contributed by atoms with E-state index in [9.17, 15) is 0 Å². The van der Waals surface area contributed by atoms with Crippen molar-refractivity contribution in [3.63, 3.8) is 0 Å². The van der Waals surface area contributed by atoms with Gasteiger partial charge in [0.05, 0.1) is 12.7 Å². The van der Waals surface area contributed by atoms with Crippen LogP contribution in [0.25, 0.3) is 0 Å². The van der Waals surface area contributed by atoms with Gasteiger partial charge in [0, 0.05) is 33.4 Å². The van der Waals surface area contributed by atoms with Gasteiger partial charge < -0.3 is 20.5 Å². The highest BCUT2D eigenvalue weighted by Crippen LogP contribution is 2.02. The molecule has 0 aromatic rings. The third-order valence-corrected chi connectivity index (χ3v) is 2.44. The molecule has 86 valence electrons. The summed E-state index contributed by atoms with van der Waals surface area (Å²) in [4.78, 5) is 0. The minimum atomic E-state index is 0.221. The number of hydrogen-bond acceptors (Lipinski definition) is 4. The third-order valence-electron chi connectivity index (χ3n) is 2.44. The summed E-state index contributed by atoms with van der Waals surface area (Å²) in [6.07, 6.45) is 0.221. The molecule has 3 N–H and O–H groups in total. The predicted molar refractivity (Wildman–Crippen MR) is 58.4 cm³/mol. The molecule has 0 aromatic heterocycles. The molecule has 0 aromatic carbocycles. The first kappa shape index (κ1) is 13.8. The summed E-state index contributed by atoms with van der Waals surface area (Å²) in [6, 6.07) is 0.299. The van der Waals surface area contributed by atoms with E-state index in [1.807, 2.05) is 6.92 Å². The maximum atomic E-state index is 5.67. The first-order valence-corrected chi connectivity index (χ1v) is 5.10. The van der Waals surface area contributed by atoms with Crippen LogP contribution in [0.5, 0.6) is 0 Å². The first-order valence-electron chi connectivity index (χ1n) is 5.10. The zero-order chi connectivity index (χ0) is 11.0. The number of nitrogens with one attached hydrogen (secondary N) is 1. The molecule has 0 amide bonds. The number of ether oxygens (including phenoxy) is 2. The van der Waals surface area contributed by atoms with Crippen LogP contribution < -0.4 is 11.1 Å². The Morgan fingerprint density at radius 1 is 1.29 bits per heavy atom. The predicted octanol–water partition coefficient (Wildman–Crippen LogP) is 0.221. The van der Waals surface area contributed by atoms with Gasteiger partial charge in [0.1, 0.15) is 0 Å². The summed E-state index contributed by atoms with van der Waals surface area (Å²) in [5.74, 6) is 0.425. The van der Waals surface area contributed by atoms with Crippen LogP contribution in [0, 0.1) is 5.92 Å². The van der Waals surface area contributed by atoms with Gasteiger partial charge in [-0.25, -0.2) is 0 Å². The summed E-state index contributed by atoms with van der Waals surface area (Å²) >= 11 is 0. The van der Waals surface area contributed by atoms with Gasteiger partial charge in [-0.05, 0) is 12.8 Å². The first-order chi connectivity index (χ1) is 6.65. The summed E-state index contributed by atoms with van der Waals surface area (Å²) in [5, 5.41) is 3.37. The highest BCUT2D eigenvalue weighted by molar-refractivity contribution is 4.75. The SMILES string of the molecule is COCC(C)C(CN)NCC(C)OC. The second-order valence-electron chi connectivity index (χ2n) is 3.73. The van der Waals surface area contributed by atoms with Crippen LogP contribution in [-0.2, 0) is 9.47 Å². The van der Waals surface area contributed by atoms with Crippen molar-refractivity contribution in [2.75, 3.05) is 33.9 Å². The number of hydrogen-bond donors (Lipinski definition) is 2. The fraction of sp³-hybridized carbons (Fsp3) is 1.00. The third kappa shape index (κ3) is 5.54. The Labute approximate surface area is 87.1 Å². The lowest BCUT2D eigenvalue weighted by Gasteiger charge is -2.24. The van der Waals surface area contributed by atoms with Gasteiger partial charge in [0.15, 0.2) is 0 Å². The Bertz CT molecular complexity index is 133. The average molecular weight is 204 g/mol. The molecule has 0 aliphatic carbocycles. The molecule has 3 atom stereocenters. The van der Waals surface area contributed by atoms with Crippen molar-refractivity contribution in [2.45, 2.75) is 26.0 Å². The van der Waals surface area contributed by atoms with Gasteiger partial charge in [0.25, 0.3) is 0 Å². The second-order valence-corrected chi connectivity index (χ2v) is 3.73. The number of nitrogens with two attached hydrogens (primary N) is 1. The Kier molecular flexibility index (Phi) is 8.08. The highest BCUT2D eigenvalue weighted by Gasteiger charge is 2.15. The average Bonchev–Trinajstić information content (AvgIpc) is 2.18. The summed E-state index contributed by atoms with van der Waals surface area (Å²) in [5.41, 5.74) is 5.67. The molecule has 0 heterocycles. The lowest BCUT2D eigenvalue weighted by molar-refractivity contribution is 0.103. The van der Waals surface area contributed by atoms with Crippen LogP contribution in [0.15, 0.2) is 0 Å². The zero-order valence-corrected chi connectivity index (χ0v) is 9.75. The van der Waals surface area contributed by atoms with Crippen molar-refractivity contribution in [3.05, 3.63) is 0 Å². The van der Waals surface area contributed by atoms with Crippen LogP contribution in [0.4, 0.5) is 0 Å². The minimum absolute atomic E-state index is 0.221. The fourth-order valence-electron chi connectivity index (χ4n) is 1.30. The Balaban J connectivity index is 3.77. The maximum Gasteiger partial charge on any atom is 0.0667 e. The molecule has 0 bridgehead atoms. The molecule has 14 heavy (non-hydrogen) atoms. The van der Waals surface area contributed by atoms with E-state index in [1.165, 1.54) is 0 Å². The summed E-state index contributed by atoms with van der Waals surface area (Å²) in [6.45, 7) is 6.34. The van der Waals surface area contributed by atoms with Crippen LogP contribution in [0.3, 0.4) is 0 Å². The molecule has 0 spiro atoms.